The monoisotopic (exact) mass is 271 g/mol. The molecule has 4 heteroatoms. The summed E-state index contributed by atoms with van der Waals surface area (Å²) in [5.41, 5.74) is 2.33. The minimum absolute atomic E-state index is 0.316. The predicted molar refractivity (Wildman–Crippen MR) is 74.2 cm³/mol. The molecule has 2 fully saturated rings. The Morgan fingerprint density at radius 3 is 2.60 bits per heavy atom. The number of ether oxygens (including phenoxy) is 2. The summed E-state index contributed by atoms with van der Waals surface area (Å²) >= 11 is 0. The van der Waals surface area contributed by atoms with Crippen LogP contribution < -0.4 is 14.8 Å². The molecule has 2 aliphatic carbocycles. The number of benzene rings is 1. The van der Waals surface area contributed by atoms with Crippen LogP contribution in [0.3, 0.4) is 0 Å². The van der Waals surface area contributed by atoms with Gasteiger partial charge in [-0.3, -0.25) is 0 Å². The van der Waals surface area contributed by atoms with Crippen LogP contribution in [-0.4, -0.2) is 12.8 Å². The smallest absolute Gasteiger partial charge is 0.231 e. The molecule has 2 aromatic rings. The molecule has 20 heavy (non-hydrogen) atoms. The van der Waals surface area contributed by atoms with Gasteiger partial charge >= 0.3 is 0 Å². The van der Waals surface area contributed by atoms with Crippen LogP contribution in [0.25, 0.3) is 11.0 Å². The Hall–Kier alpha value is -1.68. The summed E-state index contributed by atoms with van der Waals surface area (Å²) in [6.45, 7) is 1.16. The fraction of sp³-hybridized carbons (Fsp3) is 0.500. The van der Waals surface area contributed by atoms with Gasteiger partial charge in [-0.15, -0.1) is 0 Å². The van der Waals surface area contributed by atoms with Crippen LogP contribution in [0, 0.1) is 0 Å². The quantitative estimate of drug-likeness (QED) is 0.926. The van der Waals surface area contributed by atoms with Gasteiger partial charge in [0.15, 0.2) is 11.5 Å². The summed E-state index contributed by atoms with van der Waals surface area (Å²) in [4.78, 5) is 0. The van der Waals surface area contributed by atoms with Gasteiger partial charge in [-0.2, -0.15) is 0 Å². The van der Waals surface area contributed by atoms with Gasteiger partial charge in [0.05, 0.1) is 6.54 Å². The number of nitrogens with one attached hydrogen (secondary N) is 1. The molecule has 4 nitrogen and oxygen atoms in total. The van der Waals surface area contributed by atoms with Crippen LogP contribution in [0.4, 0.5) is 0 Å². The Balaban J connectivity index is 1.61. The molecule has 0 atom stereocenters. The molecule has 0 bridgehead atoms. The van der Waals surface area contributed by atoms with E-state index >= 15 is 0 Å². The molecule has 104 valence electrons. The van der Waals surface area contributed by atoms with E-state index < -0.39 is 0 Å². The topological polar surface area (TPSA) is 43.6 Å². The first kappa shape index (κ1) is 11.0. The highest BCUT2D eigenvalue weighted by atomic mass is 16.7. The van der Waals surface area contributed by atoms with E-state index in [2.05, 4.69) is 11.4 Å². The average molecular weight is 271 g/mol. The van der Waals surface area contributed by atoms with Crippen LogP contribution in [0.5, 0.6) is 11.5 Å². The number of fused-ring (bicyclic) bond motifs is 2. The maximum atomic E-state index is 6.11. The van der Waals surface area contributed by atoms with Crippen LogP contribution in [0.15, 0.2) is 16.5 Å². The third-order valence-corrected chi connectivity index (χ3v) is 4.41. The summed E-state index contributed by atoms with van der Waals surface area (Å²) in [6, 6.07) is 4.77. The molecule has 0 spiro atoms. The van der Waals surface area contributed by atoms with Gasteiger partial charge in [0.2, 0.25) is 6.79 Å². The molecular weight excluding hydrogens is 254 g/mol. The molecule has 1 aromatic carbocycles. The molecule has 0 radical (unpaired) electrons. The van der Waals surface area contributed by atoms with E-state index in [1.165, 1.54) is 36.6 Å². The highest BCUT2D eigenvalue weighted by molar-refractivity contribution is 5.87. The lowest BCUT2D eigenvalue weighted by Gasteiger charge is -2.02. The zero-order chi connectivity index (χ0) is 13.1. The number of furan rings is 1. The first-order valence-corrected chi connectivity index (χ1v) is 7.47. The normalized spacial score (nSPS) is 20.8. The van der Waals surface area contributed by atoms with Crippen molar-refractivity contribution in [2.24, 2.45) is 0 Å². The van der Waals surface area contributed by atoms with Crippen molar-refractivity contribution in [2.75, 3.05) is 6.79 Å². The fourth-order valence-corrected chi connectivity index (χ4v) is 3.03. The fourth-order valence-electron chi connectivity index (χ4n) is 3.03. The van der Waals surface area contributed by atoms with Gasteiger partial charge in [-0.25, -0.2) is 0 Å². The van der Waals surface area contributed by atoms with Crippen LogP contribution in [0.2, 0.25) is 0 Å². The largest absolute Gasteiger partial charge is 0.459 e. The second kappa shape index (κ2) is 3.92. The lowest BCUT2D eigenvalue weighted by Crippen LogP contribution is -2.15. The predicted octanol–water partition coefficient (Wildman–Crippen LogP) is 3.29. The van der Waals surface area contributed by atoms with E-state index in [0.29, 0.717) is 18.8 Å². The molecular formula is C16H17NO3. The van der Waals surface area contributed by atoms with Gasteiger partial charge in [0.1, 0.15) is 11.3 Å². The van der Waals surface area contributed by atoms with E-state index in [-0.39, 0.29) is 0 Å². The van der Waals surface area contributed by atoms with E-state index in [1.807, 2.05) is 6.07 Å². The summed E-state index contributed by atoms with van der Waals surface area (Å²) in [7, 11) is 0. The lowest BCUT2D eigenvalue weighted by atomic mass is 10.1. The van der Waals surface area contributed by atoms with Crippen molar-refractivity contribution in [1.82, 2.24) is 5.32 Å². The molecule has 2 saturated carbocycles. The minimum Gasteiger partial charge on any atom is -0.459 e. The standard InChI is InChI=1S/C16H17NO3/c1-2-9(1)16-11-5-13-14(19-8-18-13)6-12(11)20-15(16)7-17-10-3-4-10/h5-6,9-10,17H,1-4,7-8H2. The van der Waals surface area contributed by atoms with Gasteiger partial charge in [0, 0.05) is 23.1 Å². The molecule has 0 amide bonds. The number of rotatable bonds is 4. The molecule has 5 rings (SSSR count). The number of hydrogen-bond donors (Lipinski definition) is 1. The third kappa shape index (κ3) is 1.71. The van der Waals surface area contributed by atoms with Gasteiger partial charge in [-0.1, -0.05) is 0 Å². The molecule has 1 N–H and O–H groups in total. The first-order chi connectivity index (χ1) is 9.88. The summed E-state index contributed by atoms with van der Waals surface area (Å²) < 4.78 is 17.0. The van der Waals surface area contributed by atoms with Crippen LogP contribution in [0.1, 0.15) is 42.9 Å². The molecule has 1 aromatic heterocycles. The first-order valence-electron chi connectivity index (χ1n) is 7.47. The highest BCUT2D eigenvalue weighted by Crippen LogP contribution is 2.48. The van der Waals surface area contributed by atoms with E-state index in [4.69, 9.17) is 13.9 Å². The van der Waals surface area contributed by atoms with Gasteiger partial charge in [0.25, 0.3) is 0 Å². The van der Waals surface area contributed by atoms with E-state index in [1.54, 1.807) is 0 Å². The van der Waals surface area contributed by atoms with Crippen molar-refractivity contribution in [3.8, 4) is 11.5 Å². The third-order valence-electron chi connectivity index (χ3n) is 4.41. The Kier molecular flexibility index (Phi) is 2.16. The molecule has 2 heterocycles. The van der Waals surface area contributed by atoms with Crippen molar-refractivity contribution < 1.29 is 13.9 Å². The maximum Gasteiger partial charge on any atom is 0.231 e. The maximum absolute atomic E-state index is 6.11. The summed E-state index contributed by atoms with van der Waals surface area (Å²) in [5.74, 6) is 3.43. The second-order valence-electron chi connectivity index (χ2n) is 6.07. The van der Waals surface area contributed by atoms with Crippen molar-refractivity contribution in [3.63, 3.8) is 0 Å². The molecule has 3 aliphatic rings. The SMILES string of the molecule is c1c2c(cc3c(C4CC4)c(CNC4CC4)oc13)OCO2. The van der Waals surface area contributed by atoms with Crippen LogP contribution in [-0.2, 0) is 6.54 Å². The van der Waals surface area contributed by atoms with Crippen molar-refractivity contribution in [2.45, 2.75) is 44.2 Å². The molecule has 1 aliphatic heterocycles. The second-order valence-corrected chi connectivity index (χ2v) is 6.07. The zero-order valence-electron chi connectivity index (χ0n) is 11.3. The van der Waals surface area contributed by atoms with E-state index in [0.717, 1.165) is 29.4 Å². The Morgan fingerprint density at radius 1 is 1.05 bits per heavy atom. The minimum atomic E-state index is 0.316. The van der Waals surface area contributed by atoms with E-state index in [9.17, 15) is 0 Å². The highest BCUT2D eigenvalue weighted by Gasteiger charge is 2.32. The number of hydrogen-bond acceptors (Lipinski definition) is 4. The average Bonchev–Trinajstić information content (AvgIpc) is 3.37. The van der Waals surface area contributed by atoms with Crippen molar-refractivity contribution in [1.29, 1.82) is 0 Å². The molecule has 0 saturated heterocycles. The van der Waals surface area contributed by atoms with Crippen molar-refractivity contribution >= 4 is 11.0 Å². The van der Waals surface area contributed by atoms with Gasteiger partial charge < -0.3 is 19.2 Å². The molecule has 0 unspecified atom stereocenters. The zero-order valence-corrected chi connectivity index (χ0v) is 11.3. The Labute approximate surface area is 117 Å². The Bertz CT molecular complexity index is 683. The Morgan fingerprint density at radius 2 is 1.85 bits per heavy atom. The van der Waals surface area contributed by atoms with Crippen molar-refractivity contribution in [3.05, 3.63) is 23.5 Å². The van der Waals surface area contributed by atoms with Gasteiger partial charge in [-0.05, 0) is 37.7 Å². The summed E-state index contributed by atoms with van der Waals surface area (Å²) in [6.07, 6.45) is 5.16. The lowest BCUT2D eigenvalue weighted by molar-refractivity contribution is 0.174. The summed E-state index contributed by atoms with van der Waals surface area (Å²) in [5, 5.41) is 4.77. The van der Waals surface area contributed by atoms with Crippen LogP contribution >= 0.6 is 0 Å².